The highest BCUT2D eigenvalue weighted by Crippen LogP contribution is 2.26. The lowest BCUT2D eigenvalue weighted by atomic mass is 10.3. The van der Waals surface area contributed by atoms with E-state index >= 15 is 0 Å². The molecule has 0 radical (unpaired) electrons. The summed E-state index contributed by atoms with van der Waals surface area (Å²) in [4.78, 5) is 9.04. The average Bonchev–Trinajstić information content (AvgIpc) is 2.98. The lowest BCUT2D eigenvalue weighted by Gasteiger charge is -2.03. The van der Waals surface area contributed by atoms with Gasteiger partial charge in [-0.05, 0) is 36.4 Å². The van der Waals surface area contributed by atoms with Crippen molar-refractivity contribution in [3.05, 3.63) is 48.0 Å². The van der Waals surface area contributed by atoms with Crippen molar-refractivity contribution in [3.8, 4) is 11.6 Å². The number of aryl methyl sites for hydroxylation is 2. The summed E-state index contributed by atoms with van der Waals surface area (Å²) >= 11 is 0. The van der Waals surface area contributed by atoms with Crippen LogP contribution in [0.1, 0.15) is 0 Å². The highest BCUT2D eigenvalue weighted by atomic mass is 19.1. The summed E-state index contributed by atoms with van der Waals surface area (Å²) in [6.45, 7) is 0. The molecule has 0 unspecified atom stereocenters. The first-order valence-electron chi connectivity index (χ1n) is 6.79. The largest absolute Gasteiger partial charge is 0.324 e. The highest BCUT2D eigenvalue weighted by Gasteiger charge is 2.17. The van der Waals surface area contributed by atoms with Crippen LogP contribution >= 0.6 is 0 Å². The molecule has 2 aromatic heterocycles. The van der Waals surface area contributed by atoms with Gasteiger partial charge in [-0.1, -0.05) is 0 Å². The summed E-state index contributed by atoms with van der Waals surface area (Å²) in [5, 5.41) is 0. The summed E-state index contributed by atoms with van der Waals surface area (Å²) in [7, 11) is 3.62. The lowest BCUT2D eigenvalue weighted by Crippen LogP contribution is -1.99. The zero-order chi connectivity index (χ0) is 15.4. The smallest absolute Gasteiger partial charge is 0.177 e. The van der Waals surface area contributed by atoms with Crippen molar-refractivity contribution in [2.75, 3.05) is 0 Å². The van der Waals surface area contributed by atoms with Crippen LogP contribution in [-0.4, -0.2) is 19.1 Å². The van der Waals surface area contributed by atoms with E-state index in [0.29, 0.717) is 33.7 Å². The maximum Gasteiger partial charge on any atom is 0.177 e. The van der Waals surface area contributed by atoms with Crippen LogP contribution in [0.3, 0.4) is 0 Å². The number of halogens is 2. The molecular formula is C16H12F2N4. The van der Waals surface area contributed by atoms with E-state index in [1.165, 1.54) is 24.3 Å². The molecule has 0 amide bonds. The number of fused-ring (bicyclic) bond motifs is 2. The molecule has 4 rings (SSSR count). The number of imidazole rings is 2. The molecule has 0 spiro atoms. The molecule has 6 heteroatoms. The fourth-order valence-corrected chi connectivity index (χ4v) is 2.73. The molecule has 0 aliphatic heterocycles. The zero-order valence-corrected chi connectivity index (χ0v) is 12.0. The van der Waals surface area contributed by atoms with Gasteiger partial charge in [0, 0.05) is 14.1 Å². The number of benzene rings is 2. The van der Waals surface area contributed by atoms with Gasteiger partial charge in [-0.15, -0.1) is 0 Å². The van der Waals surface area contributed by atoms with Gasteiger partial charge < -0.3 is 9.13 Å². The molecule has 0 bridgehead atoms. The second-order valence-electron chi connectivity index (χ2n) is 5.25. The van der Waals surface area contributed by atoms with E-state index in [1.807, 2.05) is 14.1 Å². The van der Waals surface area contributed by atoms with Crippen LogP contribution in [0.5, 0.6) is 0 Å². The molecule has 4 nitrogen and oxygen atoms in total. The summed E-state index contributed by atoms with van der Waals surface area (Å²) in [6, 6.07) is 8.90. The van der Waals surface area contributed by atoms with Gasteiger partial charge in [0.1, 0.15) is 11.6 Å². The van der Waals surface area contributed by atoms with E-state index in [1.54, 1.807) is 21.3 Å². The molecule has 2 aromatic carbocycles. The maximum atomic E-state index is 13.4. The third-order valence-electron chi connectivity index (χ3n) is 3.89. The second-order valence-corrected chi connectivity index (χ2v) is 5.25. The minimum atomic E-state index is -0.311. The standard InChI is InChI=1S/C16H12F2N4/c1-21-13-7-9(17)3-5-11(13)19-15(21)16-20-12-6-4-10(18)8-14(12)22(16)2/h3-8H,1-2H3. The normalized spacial score (nSPS) is 11.6. The predicted octanol–water partition coefficient (Wildman–Crippen LogP) is 3.41. The second kappa shape index (κ2) is 4.37. The zero-order valence-electron chi connectivity index (χ0n) is 12.0. The first kappa shape index (κ1) is 12.9. The van der Waals surface area contributed by atoms with Gasteiger partial charge in [-0.25, -0.2) is 18.7 Å². The minimum Gasteiger partial charge on any atom is -0.324 e. The Labute approximate surface area is 124 Å². The summed E-state index contributed by atoms with van der Waals surface area (Å²) < 4.78 is 30.4. The molecule has 110 valence electrons. The Bertz CT molecular complexity index is 946. The summed E-state index contributed by atoms with van der Waals surface area (Å²) in [5.41, 5.74) is 2.76. The van der Waals surface area contributed by atoms with E-state index < -0.39 is 0 Å². The molecule has 0 fully saturated rings. The van der Waals surface area contributed by atoms with Gasteiger partial charge in [0.25, 0.3) is 0 Å². The van der Waals surface area contributed by atoms with E-state index in [2.05, 4.69) is 9.97 Å². The van der Waals surface area contributed by atoms with Gasteiger partial charge in [-0.3, -0.25) is 0 Å². The van der Waals surface area contributed by atoms with Crippen molar-refractivity contribution in [2.45, 2.75) is 0 Å². The summed E-state index contributed by atoms with van der Waals surface area (Å²) in [6.07, 6.45) is 0. The van der Waals surface area contributed by atoms with E-state index in [-0.39, 0.29) is 11.6 Å². The third-order valence-corrected chi connectivity index (χ3v) is 3.89. The molecule has 22 heavy (non-hydrogen) atoms. The van der Waals surface area contributed by atoms with E-state index in [4.69, 9.17) is 0 Å². The topological polar surface area (TPSA) is 35.6 Å². The molecule has 0 saturated carbocycles. The maximum absolute atomic E-state index is 13.4. The molecular weight excluding hydrogens is 286 g/mol. The Morgan fingerprint density at radius 2 is 1.14 bits per heavy atom. The Morgan fingerprint density at radius 1 is 0.727 bits per heavy atom. The fourth-order valence-electron chi connectivity index (χ4n) is 2.73. The number of rotatable bonds is 1. The van der Waals surface area contributed by atoms with Crippen LogP contribution < -0.4 is 0 Å². The van der Waals surface area contributed by atoms with Crippen molar-refractivity contribution < 1.29 is 8.78 Å². The van der Waals surface area contributed by atoms with Crippen LogP contribution in [0, 0.1) is 11.6 Å². The van der Waals surface area contributed by atoms with Crippen LogP contribution in [0.2, 0.25) is 0 Å². The lowest BCUT2D eigenvalue weighted by molar-refractivity contribution is 0.628. The van der Waals surface area contributed by atoms with Gasteiger partial charge in [-0.2, -0.15) is 0 Å². The first-order chi connectivity index (χ1) is 10.5. The van der Waals surface area contributed by atoms with Crippen molar-refractivity contribution in [1.29, 1.82) is 0 Å². The minimum absolute atomic E-state index is 0.311. The number of aromatic nitrogens is 4. The first-order valence-corrected chi connectivity index (χ1v) is 6.79. The molecule has 0 N–H and O–H groups in total. The summed E-state index contributed by atoms with van der Waals surface area (Å²) in [5.74, 6) is 0.600. The monoisotopic (exact) mass is 298 g/mol. The molecule has 0 aliphatic rings. The van der Waals surface area contributed by atoms with Crippen LogP contribution in [0.4, 0.5) is 8.78 Å². The average molecular weight is 298 g/mol. The SMILES string of the molecule is Cn1c(-c2nc3ccc(F)cc3n2C)nc2ccc(F)cc21. The Hall–Kier alpha value is -2.76. The fraction of sp³-hybridized carbons (Fsp3) is 0.125. The quantitative estimate of drug-likeness (QED) is 0.540. The Kier molecular flexibility index (Phi) is 2.57. The third kappa shape index (κ3) is 1.73. The van der Waals surface area contributed by atoms with Crippen molar-refractivity contribution in [2.24, 2.45) is 14.1 Å². The molecule has 0 aliphatic carbocycles. The van der Waals surface area contributed by atoms with E-state index in [9.17, 15) is 8.78 Å². The van der Waals surface area contributed by atoms with Gasteiger partial charge >= 0.3 is 0 Å². The molecule has 4 aromatic rings. The molecule has 0 atom stereocenters. The van der Waals surface area contributed by atoms with Crippen molar-refractivity contribution in [1.82, 2.24) is 19.1 Å². The van der Waals surface area contributed by atoms with E-state index in [0.717, 1.165) is 0 Å². The number of hydrogen-bond acceptors (Lipinski definition) is 2. The highest BCUT2D eigenvalue weighted by molar-refractivity contribution is 5.83. The molecule has 2 heterocycles. The number of nitrogens with zero attached hydrogens (tertiary/aromatic N) is 4. The van der Waals surface area contributed by atoms with Gasteiger partial charge in [0.2, 0.25) is 0 Å². The van der Waals surface area contributed by atoms with Crippen molar-refractivity contribution in [3.63, 3.8) is 0 Å². The van der Waals surface area contributed by atoms with Crippen LogP contribution in [-0.2, 0) is 14.1 Å². The van der Waals surface area contributed by atoms with Crippen molar-refractivity contribution >= 4 is 22.1 Å². The molecule has 0 saturated heterocycles. The van der Waals surface area contributed by atoms with Gasteiger partial charge in [0.15, 0.2) is 11.6 Å². The number of hydrogen-bond donors (Lipinski definition) is 0. The Morgan fingerprint density at radius 3 is 1.55 bits per heavy atom. The Balaban J connectivity index is 2.03. The van der Waals surface area contributed by atoms with Gasteiger partial charge in [0.05, 0.1) is 22.1 Å². The van der Waals surface area contributed by atoms with Crippen LogP contribution in [0.25, 0.3) is 33.7 Å². The van der Waals surface area contributed by atoms with Crippen LogP contribution in [0.15, 0.2) is 36.4 Å². The predicted molar refractivity (Wildman–Crippen MR) is 80.3 cm³/mol.